The number of hydrogen-bond acceptors (Lipinski definition) is 5. The molecule has 0 saturated heterocycles. The number of ether oxygens (including phenoxy) is 3. The van der Waals surface area contributed by atoms with Gasteiger partial charge in [0.1, 0.15) is 6.61 Å². The maximum atomic E-state index is 12.8. The Morgan fingerprint density at radius 1 is 0.329 bits per heavy atom. The summed E-state index contributed by atoms with van der Waals surface area (Å²) in [5.41, 5.74) is 0. The number of carbonyl (C=O) groups excluding carboxylic acids is 2. The van der Waals surface area contributed by atoms with Gasteiger partial charge in [-0.3, -0.25) is 9.59 Å². The summed E-state index contributed by atoms with van der Waals surface area (Å²) in [6.45, 7) is 7.34. The Morgan fingerprint density at radius 2 is 0.671 bits per heavy atom. The number of rotatable bonds is 49. The van der Waals surface area contributed by atoms with Crippen LogP contribution in [-0.4, -0.2) is 37.9 Å². The minimum Gasteiger partial charge on any atom is -0.462 e. The smallest absolute Gasteiger partial charge is 0.306 e. The van der Waals surface area contributed by atoms with Crippen LogP contribution < -0.4 is 0 Å². The molecule has 0 radical (unpaired) electrons. The summed E-state index contributed by atoms with van der Waals surface area (Å²) >= 11 is 0. The van der Waals surface area contributed by atoms with Crippen molar-refractivity contribution in [1.82, 2.24) is 0 Å². The maximum Gasteiger partial charge on any atom is 0.306 e. The van der Waals surface area contributed by atoms with E-state index in [9.17, 15) is 9.59 Å². The van der Waals surface area contributed by atoms with Gasteiger partial charge in [0.25, 0.3) is 0 Å². The molecule has 0 fully saturated rings. The lowest BCUT2D eigenvalue weighted by Gasteiger charge is -2.18. The van der Waals surface area contributed by atoms with Gasteiger partial charge in [-0.2, -0.15) is 0 Å². The largest absolute Gasteiger partial charge is 0.462 e. The van der Waals surface area contributed by atoms with Crippen LogP contribution in [0.15, 0.2) is 158 Å². The third-order valence-corrected chi connectivity index (χ3v) is 11.0. The summed E-state index contributed by atoms with van der Waals surface area (Å²) in [4.78, 5) is 25.5. The number of esters is 2. The van der Waals surface area contributed by atoms with E-state index in [1.165, 1.54) is 57.8 Å². The molecule has 70 heavy (non-hydrogen) atoms. The highest BCUT2D eigenvalue weighted by Crippen LogP contribution is 2.12. The molecule has 0 spiro atoms. The van der Waals surface area contributed by atoms with E-state index in [2.05, 4.69) is 173 Å². The van der Waals surface area contributed by atoms with Crippen molar-refractivity contribution in [1.29, 1.82) is 0 Å². The zero-order chi connectivity index (χ0) is 50.6. The molecule has 0 aromatic rings. The van der Waals surface area contributed by atoms with E-state index in [0.29, 0.717) is 19.4 Å². The molecule has 0 saturated carbocycles. The zero-order valence-electron chi connectivity index (χ0n) is 45.0. The predicted octanol–water partition coefficient (Wildman–Crippen LogP) is 19.5. The highest BCUT2D eigenvalue weighted by atomic mass is 16.6. The van der Waals surface area contributed by atoms with Crippen molar-refractivity contribution >= 4 is 11.9 Å². The van der Waals surface area contributed by atoms with Crippen LogP contribution in [0.3, 0.4) is 0 Å². The molecule has 0 rings (SSSR count). The van der Waals surface area contributed by atoms with Gasteiger partial charge in [0.05, 0.1) is 6.61 Å². The first-order chi connectivity index (χ1) is 34.6. The molecule has 0 aliphatic carbocycles. The second-order valence-corrected chi connectivity index (χ2v) is 17.7. The monoisotopic (exact) mass is 963 g/mol. The van der Waals surface area contributed by atoms with Crippen molar-refractivity contribution in [2.45, 2.75) is 219 Å². The van der Waals surface area contributed by atoms with Gasteiger partial charge in [0, 0.05) is 19.4 Å². The minimum atomic E-state index is -0.615. The molecule has 0 aromatic carbocycles. The van der Waals surface area contributed by atoms with Crippen molar-refractivity contribution in [2.75, 3.05) is 19.8 Å². The van der Waals surface area contributed by atoms with Crippen molar-refractivity contribution in [3.8, 4) is 0 Å². The Labute approximate surface area is 431 Å². The molecule has 5 nitrogen and oxygen atoms in total. The second kappa shape index (κ2) is 58.8. The molecule has 392 valence electrons. The summed E-state index contributed by atoms with van der Waals surface area (Å²) in [7, 11) is 0. The van der Waals surface area contributed by atoms with Crippen LogP contribution in [-0.2, 0) is 23.8 Å². The fraction of sp³-hybridized carbons (Fsp3) is 0.569. The Morgan fingerprint density at radius 3 is 1.10 bits per heavy atom. The average Bonchev–Trinajstić information content (AvgIpc) is 3.36. The highest BCUT2D eigenvalue weighted by molar-refractivity contribution is 5.70. The summed E-state index contributed by atoms with van der Waals surface area (Å²) in [6.07, 6.45) is 87.1. The van der Waals surface area contributed by atoms with E-state index in [-0.39, 0.29) is 31.6 Å². The SMILES string of the molecule is CC/C=C\C/C=C\C/C=C\C/C=C\C/C=C\C/C=C\CCCOCC(COC(=O)CC/C=C\C/C=C\C/C=C\C/C=C\C/C=C\C/C=C\CC)OC(=O)CCCCCCC/C=C\CCCCCCCC. The molecular formula is C65H102O5. The second-order valence-electron chi connectivity index (χ2n) is 17.7. The van der Waals surface area contributed by atoms with Crippen molar-refractivity contribution in [2.24, 2.45) is 0 Å². The van der Waals surface area contributed by atoms with Gasteiger partial charge in [0.15, 0.2) is 6.10 Å². The van der Waals surface area contributed by atoms with Gasteiger partial charge in [-0.15, -0.1) is 0 Å². The first-order valence-corrected chi connectivity index (χ1v) is 28.0. The van der Waals surface area contributed by atoms with Gasteiger partial charge in [0.2, 0.25) is 0 Å². The van der Waals surface area contributed by atoms with Crippen LogP contribution in [0.5, 0.6) is 0 Å². The van der Waals surface area contributed by atoms with Crippen molar-refractivity contribution in [3.63, 3.8) is 0 Å². The molecule has 0 aliphatic heterocycles. The highest BCUT2D eigenvalue weighted by Gasteiger charge is 2.17. The molecule has 0 N–H and O–H groups in total. The molecule has 0 aliphatic rings. The third-order valence-electron chi connectivity index (χ3n) is 11.0. The lowest BCUT2D eigenvalue weighted by molar-refractivity contribution is -0.162. The number of unbranched alkanes of at least 4 members (excludes halogenated alkanes) is 12. The predicted molar refractivity (Wildman–Crippen MR) is 306 cm³/mol. The van der Waals surface area contributed by atoms with Gasteiger partial charge < -0.3 is 14.2 Å². The van der Waals surface area contributed by atoms with Crippen LogP contribution in [0.25, 0.3) is 0 Å². The first kappa shape index (κ1) is 65.5. The quantitative estimate of drug-likeness (QED) is 0.0345. The Kier molecular flexibility index (Phi) is 55.1. The summed E-state index contributed by atoms with van der Waals surface area (Å²) in [6, 6.07) is 0. The topological polar surface area (TPSA) is 61.8 Å². The molecule has 1 unspecified atom stereocenters. The Balaban J connectivity index is 4.54. The van der Waals surface area contributed by atoms with Crippen molar-refractivity contribution in [3.05, 3.63) is 158 Å². The summed E-state index contributed by atoms with van der Waals surface area (Å²) in [5, 5.41) is 0. The van der Waals surface area contributed by atoms with E-state index >= 15 is 0 Å². The molecule has 1 atom stereocenters. The molecular weight excluding hydrogens is 861 g/mol. The molecule has 5 heteroatoms. The van der Waals surface area contributed by atoms with Crippen LogP contribution in [0, 0.1) is 0 Å². The van der Waals surface area contributed by atoms with Gasteiger partial charge in [-0.1, -0.05) is 230 Å². The molecule has 0 aromatic heterocycles. The zero-order valence-corrected chi connectivity index (χ0v) is 45.0. The standard InChI is InChI=1S/C65H102O5/c1-4-7-10-13-16-19-22-25-28-30-32-34-36-39-42-45-48-51-54-57-60-68-61-63(70-65(67)59-56-53-50-47-44-41-37-27-24-21-18-15-12-9-6-3)62-69-64(66)58-55-52-49-46-43-40-38-35-33-31-29-26-23-20-17-14-11-8-5-2/h7-8,10-11,16-17,19-20,25-29,32-35,37,39-40,42-43,48-49,51-52,63H,4-6,9,12-15,18,21-24,30-31,36,38,41,44-47,50,53-62H2,1-3H3/b10-7-,11-8-,19-16-,20-17-,28-25-,29-26-,34-32-,35-33-,37-27-,42-39-,43-40-,51-48-,52-49-. The van der Waals surface area contributed by atoms with Gasteiger partial charge >= 0.3 is 11.9 Å². The Hall–Kier alpha value is -4.48. The fourth-order valence-corrected chi connectivity index (χ4v) is 6.96. The van der Waals surface area contributed by atoms with Gasteiger partial charge in [-0.05, 0) is 128 Å². The van der Waals surface area contributed by atoms with E-state index in [1.807, 2.05) is 6.08 Å². The van der Waals surface area contributed by atoms with Crippen LogP contribution in [0.4, 0.5) is 0 Å². The lowest BCUT2D eigenvalue weighted by Crippen LogP contribution is -2.30. The van der Waals surface area contributed by atoms with Crippen LogP contribution in [0.2, 0.25) is 0 Å². The van der Waals surface area contributed by atoms with Crippen molar-refractivity contribution < 1.29 is 23.8 Å². The van der Waals surface area contributed by atoms with Crippen LogP contribution in [0.1, 0.15) is 213 Å². The normalized spacial score (nSPS) is 13.5. The number of hydrogen-bond donors (Lipinski definition) is 0. The first-order valence-electron chi connectivity index (χ1n) is 28.0. The fourth-order valence-electron chi connectivity index (χ4n) is 6.96. The molecule has 0 heterocycles. The Bertz CT molecular complexity index is 1560. The van der Waals surface area contributed by atoms with Crippen LogP contribution >= 0.6 is 0 Å². The number of carbonyl (C=O) groups is 2. The molecule has 0 bridgehead atoms. The van der Waals surface area contributed by atoms with Gasteiger partial charge in [-0.25, -0.2) is 0 Å². The third kappa shape index (κ3) is 56.1. The van der Waals surface area contributed by atoms with E-state index < -0.39 is 6.10 Å². The number of allylic oxidation sites excluding steroid dienone is 26. The summed E-state index contributed by atoms with van der Waals surface area (Å²) < 4.78 is 17.3. The average molecular weight is 964 g/mol. The summed E-state index contributed by atoms with van der Waals surface area (Å²) in [5.74, 6) is -0.547. The minimum absolute atomic E-state index is 0.00779. The maximum absolute atomic E-state index is 12.8. The molecule has 0 amide bonds. The van der Waals surface area contributed by atoms with E-state index in [4.69, 9.17) is 14.2 Å². The van der Waals surface area contributed by atoms with E-state index in [0.717, 1.165) is 116 Å². The lowest BCUT2D eigenvalue weighted by atomic mass is 10.1. The van der Waals surface area contributed by atoms with E-state index in [1.54, 1.807) is 0 Å².